The third-order valence-corrected chi connectivity index (χ3v) is 3.28. The molecule has 1 aliphatic heterocycles. The Balaban J connectivity index is 2.45. The summed E-state index contributed by atoms with van der Waals surface area (Å²) in [5.74, 6) is 1.05. The standard InChI is InChI=1S/C13H26N2O2/c1-10(2)7-12(14)13(16)15-6-4-5-11(8-15)9-17-3/h10-12H,4-9,14H2,1-3H3/t11?,12-/m1/s1. The fourth-order valence-electron chi connectivity index (χ4n) is 2.48. The van der Waals surface area contributed by atoms with Crippen molar-refractivity contribution in [2.24, 2.45) is 17.6 Å². The zero-order valence-electron chi connectivity index (χ0n) is 11.3. The van der Waals surface area contributed by atoms with E-state index in [-0.39, 0.29) is 11.9 Å². The number of methoxy groups -OCH3 is 1. The molecule has 1 rings (SSSR count). The Kier molecular flexibility index (Phi) is 5.92. The van der Waals surface area contributed by atoms with E-state index in [1.54, 1.807) is 7.11 Å². The molecule has 2 N–H and O–H groups in total. The SMILES string of the molecule is COCC1CCCN(C(=O)[C@H](N)CC(C)C)C1. The summed E-state index contributed by atoms with van der Waals surface area (Å²) in [6, 6.07) is -0.337. The summed E-state index contributed by atoms with van der Waals surface area (Å²) < 4.78 is 5.17. The molecule has 4 nitrogen and oxygen atoms in total. The number of likely N-dealkylation sites (tertiary alicyclic amines) is 1. The maximum absolute atomic E-state index is 12.1. The summed E-state index contributed by atoms with van der Waals surface area (Å²) in [7, 11) is 1.71. The molecular formula is C13H26N2O2. The van der Waals surface area contributed by atoms with E-state index in [9.17, 15) is 4.79 Å². The molecule has 0 spiro atoms. The van der Waals surface area contributed by atoms with Crippen molar-refractivity contribution < 1.29 is 9.53 Å². The summed E-state index contributed by atoms with van der Waals surface area (Å²) in [4.78, 5) is 14.1. The average molecular weight is 242 g/mol. The predicted octanol–water partition coefficient (Wildman–Crippen LogP) is 1.24. The molecule has 0 aromatic rings. The lowest BCUT2D eigenvalue weighted by atomic mass is 9.97. The van der Waals surface area contributed by atoms with Crippen molar-refractivity contribution in [3.8, 4) is 0 Å². The lowest BCUT2D eigenvalue weighted by Gasteiger charge is -2.34. The van der Waals surface area contributed by atoms with E-state index >= 15 is 0 Å². The summed E-state index contributed by atoms with van der Waals surface area (Å²) in [6.45, 7) is 6.58. The van der Waals surface area contributed by atoms with Gasteiger partial charge in [0.25, 0.3) is 0 Å². The third kappa shape index (κ3) is 4.64. The van der Waals surface area contributed by atoms with Crippen LogP contribution in [0.25, 0.3) is 0 Å². The summed E-state index contributed by atoms with van der Waals surface area (Å²) in [5, 5.41) is 0. The maximum Gasteiger partial charge on any atom is 0.239 e. The van der Waals surface area contributed by atoms with Gasteiger partial charge in [-0.2, -0.15) is 0 Å². The van der Waals surface area contributed by atoms with Gasteiger partial charge in [0, 0.05) is 20.2 Å². The molecule has 1 amide bonds. The largest absolute Gasteiger partial charge is 0.384 e. The van der Waals surface area contributed by atoms with Gasteiger partial charge in [-0.15, -0.1) is 0 Å². The minimum atomic E-state index is -0.337. The molecule has 0 radical (unpaired) electrons. The predicted molar refractivity (Wildman–Crippen MR) is 68.6 cm³/mol. The number of hydrogen-bond acceptors (Lipinski definition) is 3. The molecule has 1 fully saturated rings. The van der Waals surface area contributed by atoms with Crippen LogP contribution in [-0.2, 0) is 9.53 Å². The van der Waals surface area contributed by atoms with Crippen LogP contribution in [0.2, 0.25) is 0 Å². The molecule has 0 bridgehead atoms. The quantitative estimate of drug-likeness (QED) is 0.789. The first-order valence-corrected chi connectivity index (χ1v) is 6.58. The molecule has 17 heavy (non-hydrogen) atoms. The van der Waals surface area contributed by atoms with Crippen molar-refractivity contribution in [2.45, 2.75) is 39.2 Å². The minimum Gasteiger partial charge on any atom is -0.384 e. The van der Waals surface area contributed by atoms with Crippen LogP contribution >= 0.6 is 0 Å². The van der Waals surface area contributed by atoms with Crippen molar-refractivity contribution in [3.63, 3.8) is 0 Å². The van der Waals surface area contributed by atoms with Crippen molar-refractivity contribution in [1.82, 2.24) is 4.90 Å². The number of rotatable bonds is 5. The van der Waals surface area contributed by atoms with Crippen LogP contribution < -0.4 is 5.73 Å². The van der Waals surface area contributed by atoms with Crippen LogP contribution in [0.15, 0.2) is 0 Å². The molecule has 1 aliphatic rings. The van der Waals surface area contributed by atoms with Crippen LogP contribution in [0.4, 0.5) is 0 Å². The van der Waals surface area contributed by atoms with E-state index in [0.717, 1.165) is 39.0 Å². The normalized spacial score (nSPS) is 22.9. The number of nitrogens with zero attached hydrogens (tertiary/aromatic N) is 1. The van der Waals surface area contributed by atoms with Crippen LogP contribution in [-0.4, -0.2) is 43.7 Å². The fraction of sp³-hybridized carbons (Fsp3) is 0.923. The van der Waals surface area contributed by atoms with Crippen molar-refractivity contribution in [1.29, 1.82) is 0 Å². The Labute approximate surface area is 104 Å². The van der Waals surface area contributed by atoms with Gasteiger partial charge in [0.15, 0.2) is 0 Å². The summed E-state index contributed by atoms with van der Waals surface area (Å²) >= 11 is 0. The second kappa shape index (κ2) is 6.97. The topological polar surface area (TPSA) is 55.6 Å². The molecule has 1 unspecified atom stereocenters. The highest BCUT2D eigenvalue weighted by atomic mass is 16.5. The van der Waals surface area contributed by atoms with Crippen LogP contribution in [0.3, 0.4) is 0 Å². The summed E-state index contributed by atoms with van der Waals surface area (Å²) in [5.41, 5.74) is 5.95. The maximum atomic E-state index is 12.1. The molecule has 2 atom stereocenters. The highest BCUT2D eigenvalue weighted by Crippen LogP contribution is 2.18. The Morgan fingerprint density at radius 1 is 1.53 bits per heavy atom. The van der Waals surface area contributed by atoms with Gasteiger partial charge >= 0.3 is 0 Å². The number of ether oxygens (including phenoxy) is 1. The Bertz CT molecular complexity index is 242. The first-order valence-electron chi connectivity index (χ1n) is 6.58. The van der Waals surface area contributed by atoms with Gasteiger partial charge in [-0.1, -0.05) is 13.8 Å². The van der Waals surface area contributed by atoms with Gasteiger partial charge in [-0.25, -0.2) is 0 Å². The highest BCUT2D eigenvalue weighted by Gasteiger charge is 2.27. The molecular weight excluding hydrogens is 216 g/mol. The zero-order valence-corrected chi connectivity index (χ0v) is 11.3. The Morgan fingerprint density at radius 2 is 2.24 bits per heavy atom. The second-order valence-electron chi connectivity index (χ2n) is 5.48. The second-order valence-corrected chi connectivity index (χ2v) is 5.48. The molecule has 1 heterocycles. The number of amides is 1. The molecule has 4 heteroatoms. The van der Waals surface area contributed by atoms with Gasteiger partial charge < -0.3 is 15.4 Å². The molecule has 0 aromatic heterocycles. The number of carbonyl (C=O) groups is 1. The van der Waals surface area contributed by atoms with E-state index in [2.05, 4.69) is 13.8 Å². The van der Waals surface area contributed by atoms with Crippen LogP contribution in [0.5, 0.6) is 0 Å². The van der Waals surface area contributed by atoms with Crippen LogP contribution in [0.1, 0.15) is 33.1 Å². The fourth-order valence-corrected chi connectivity index (χ4v) is 2.48. The number of carbonyl (C=O) groups excluding carboxylic acids is 1. The third-order valence-electron chi connectivity index (χ3n) is 3.28. The number of nitrogens with two attached hydrogens (primary N) is 1. The van der Waals surface area contributed by atoms with E-state index in [0.29, 0.717) is 11.8 Å². The lowest BCUT2D eigenvalue weighted by Crippen LogP contribution is -2.49. The summed E-state index contributed by atoms with van der Waals surface area (Å²) in [6.07, 6.45) is 2.98. The van der Waals surface area contributed by atoms with Gasteiger partial charge in [-0.05, 0) is 31.1 Å². The van der Waals surface area contributed by atoms with E-state index < -0.39 is 0 Å². The van der Waals surface area contributed by atoms with Gasteiger partial charge in [0.05, 0.1) is 12.6 Å². The van der Waals surface area contributed by atoms with E-state index in [4.69, 9.17) is 10.5 Å². The number of piperidine rings is 1. The van der Waals surface area contributed by atoms with E-state index in [1.807, 2.05) is 4.90 Å². The molecule has 1 saturated heterocycles. The number of hydrogen-bond donors (Lipinski definition) is 1. The molecule has 100 valence electrons. The van der Waals surface area contributed by atoms with Crippen molar-refractivity contribution in [3.05, 3.63) is 0 Å². The Morgan fingerprint density at radius 3 is 2.82 bits per heavy atom. The van der Waals surface area contributed by atoms with Crippen molar-refractivity contribution >= 4 is 5.91 Å². The monoisotopic (exact) mass is 242 g/mol. The van der Waals surface area contributed by atoms with Crippen molar-refractivity contribution in [2.75, 3.05) is 26.8 Å². The lowest BCUT2D eigenvalue weighted by molar-refractivity contribution is -0.135. The highest BCUT2D eigenvalue weighted by molar-refractivity contribution is 5.81. The van der Waals surface area contributed by atoms with Gasteiger partial charge in [0.1, 0.15) is 0 Å². The average Bonchev–Trinajstić information content (AvgIpc) is 2.28. The zero-order chi connectivity index (χ0) is 12.8. The Hall–Kier alpha value is -0.610. The molecule has 0 saturated carbocycles. The van der Waals surface area contributed by atoms with Crippen LogP contribution in [0, 0.1) is 11.8 Å². The smallest absolute Gasteiger partial charge is 0.239 e. The molecule has 0 aliphatic carbocycles. The molecule has 0 aromatic carbocycles. The first-order chi connectivity index (χ1) is 8.04. The minimum absolute atomic E-state index is 0.111. The van der Waals surface area contributed by atoms with E-state index in [1.165, 1.54) is 0 Å². The van der Waals surface area contributed by atoms with Gasteiger partial charge in [-0.3, -0.25) is 4.79 Å². The first kappa shape index (κ1) is 14.5. The van der Waals surface area contributed by atoms with Gasteiger partial charge in [0.2, 0.25) is 5.91 Å².